The molecule has 0 radical (unpaired) electrons. The third-order valence-electron chi connectivity index (χ3n) is 2.74. The predicted octanol–water partition coefficient (Wildman–Crippen LogP) is 3.68. The molecule has 2 aromatic rings. The summed E-state index contributed by atoms with van der Waals surface area (Å²) in [6.45, 7) is 0. The van der Waals surface area contributed by atoms with Crippen LogP contribution >= 0.6 is 0 Å². The number of para-hydroxylation sites is 1. The second kappa shape index (κ2) is 5.43. The Morgan fingerprint density at radius 2 is 1.76 bits per heavy atom. The van der Waals surface area contributed by atoms with E-state index in [1.165, 1.54) is 12.1 Å². The summed E-state index contributed by atoms with van der Waals surface area (Å²) >= 11 is 0. The van der Waals surface area contributed by atoms with Crippen molar-refractivity contribution in [3.8, 4) is 0 Å². The topological polar surface area (TPSA) is 55.1 Å². The third kappa shape index (κ3) is 3.31. The van der Waals surface area contributed by atoms with Crippen molar-refractivity contribution in [3.05, 3.63) is 59.4 Å². The monoisotopic (exact) mass is 298 g/mol. The molecule has 0 saturated heterocycles. The lowest BCUT2D eigenvalue weighted by molar-refractivity contribution is -0.136. The maximum atomic E-state index is 12.9. The number of nitrogens with one attached hydrogen (secondary N) is 1. The van der Waals surface area contributed by atoms with Crippen LogP contribution in [0.25, 0.3) is 0 Å². The molecular formula is C14H10F4N2O. The van der Waals surface area contributed by atoms with Gasteiger partial charge in [-0.2, -0.15) is 13.2 Å². The number of halogens is 4. The molecule has 2 rings (SSSR count). The molecule has 0 aliphatic heterocycles. The van der Waals surface area contributed by atoms with Crippen LogP contribution in [-0.2, 0) is 6.18 Å². The number of carbonyl (C=O) groups excluding carboxylic acids is 1. The lowest BCUT2D eigenvalue weighted by Gasteiger charge is -2.14. The Morgan fingerprint density at radius 3 is 2.38 bits per heavy atom. The van der Waals surface area contributed by atoms with E-state index in [-0.39, 0.29) is 11.3 Å². The van der Waals surface area contributed by atoms with Gasteiger partial charge in [0.25, 0.3) is 5.91 Å². The van der Waals surface area contributed by atoms with Crippen molar-refractivity contribution in [1.29, 1.82) is 0 Å². The van der Waals surface area contributed by atoms with Gasteiger partial charge in [0.15, 0.2) is 0 Å². The third-order valence-corrected chi connectivity index (χ3v) is 2.74. The predicted molar refractivity (Wildman–Crippen MR) is 70.2 cm³/mol. The highest BCUT2D eigenvalue weighted by molar-refractivity contribution is 6.08. The number of carbonyl (C=O) groups is 1. The standard InChI is InChI=1S/C14H10F4N2O/c15-8-5-6-9(11(19)7-8)13(21)20-12-4-2-1-3-10(12)14(16,17)18/h1-7H,19H2,(H,20,21). The van der Waals surface area contributed by atoms with E-state index < -0.39 is 29.2 Å². The second-order valence-electron chi connectivity index (χ2n) is 4.23. The molecule has 0 unspecified atom stereocenters. The van der Waals surface area contributed by atoms with Crippen molar-refractivity contribution in [2.24, 2.45) is 0 Å². The van der Waals surface area contributed by atoms with Crippen molar-refractivity contribution >= 4 is 17.3 Å². The van der Waals surface area contributed by atoms with E-state index in [9.17, 15) is 22.4 Å². The molecule has 3 N–H and O–H groups in total. The number of rotatable bonds is 2. The Balaban J connectivity index is 2.32. The lowest BCUT2D eigenvalue weighted by Crippen LogP contribution is -2.17. The fraction of sp³-hybridized carbons (Fsp3) is 0.0714. The summed E-state index contributed by atoms with van der Waals surface area (Å²) in [4.78, 5) is 11.9. The SMILES string of the molecule is Nc1cc(F)ccc1C(=O)Nc1ccccc1C(F)(F)F. The first-order valence-corrected chi connectivity index (χ1v) is 5.81. The van der Waals surface area contributed by atoms with Gasteiger partial charge in [0.2, 0.25) is 0 Å². The van der Waals surface area contributed by atoms with Gasteiger partial charge in [-0.3, -0.25) is 4.79 Å². The first kappa shape index (κ1) is 14.8. The molecule has 0 fully saturated rings. The molecule has 2 aromatic carbocycles. The molecule has 0 saturated carbocycles. The van der Waals surface area contributed by atoms with Crippen molar-refractivity contribution in [2.45, 2.75) is 6.18 Å². The lowest BCUT2D eigenvalue weighted by atomic mass is 10.1. The number of nitrogen functional groups attached to an aromatic ring is 1. The highest BCUT2D eigenvalue weighted by Gasteiger charge is 2.33. The average Bonchev–Trinajstić information content (AvgIpc) is 2.37. The quantitative estimate of drug-likeness (QED) is 0.656. The fourth-order valence-electron chi connectivity index (χ4n) is 1.77. The summed E-state index contributed by atoms with van der Waals surface area (Å²) in [6, 6.07) is 7.58. The zero-order valence-corrected chi connectivity index (χ0v) is 10.5. The maximum absolute atomic E-state index is 12.9. The fourth-order valence-corrected chi connectivity index (χ4v) is 1.77. The highest BCUT2D eigenvalue weighted by atomic mass is 19.4. The van der Waals surface area contributed by atoms with Crippen LogP contribution in [0.15, 0.2) is 42.5 Å². The molecule has 0 atom stereocenters. The van der Waals surface area contributed by atoms with Crippen LogP contribution in [0.1, 0.15) is 15.9 Å². The summed E-state index contributed by atoms with van der Waals surface area (Å²) < 4.78 is 51.3. The second-order valence-corrected chi connectivity index (χ2v) is 4.23. The van der Waals surface area contributed by atoms with E-state index in [0.29, 0.717) is 0 Å². The van der Waals surface area contributed by atoms with Gasteiger partial charge in [-0.15, -0.1) is 0 Å². The number of hydrogen-bond donors (Lipinski definition) is 2. The smallest absolute Gasteiger partial charge is 0.398 e. The number of anilines is 2. The number of amides is 1. The minimum Gasteiger partial charge on any atom is -0.398 e. The molecule has 21 heavy (non-hydrogen) atoms. The molecular weight excluding hydrogens is 288 g/mol. The molecule has 0 bridgehead atoms. The van der Waals surface area contributed by atoms with Gasteiger partial charge >= 0.3 is 6.18 Å². The van der Waals surface area contributed by atoms with Gasteiger partial charge < -0.3 is 11.1 Å². The van der Waals surface area contributed by atoms with Gasteiger partial charge in [-0.05, 0) is 30.3 Å². The summed E-state index contributed by atoms with van der Waals surface area (Å²) in [5.41, 5.74) is 3.85. The Morgan fingerprint density at radius 1 is 1.10 bits per heavy atom. The average molecular weight is 298 g/mol. The van der Waals surface area contributed by atoms with Crippen LogP contribution < -0.4 is 11.1 Å². The summed E-state index contributed by atoms with van der Waals surface area (Å²) in [5, 5.41) is 2.13. The Bertz CT molecular complexity index is 683. The maximum Gasteiger partial charge on any atom is 0.418 e. The number of alkyl halides is 3. The zero-order valence-electron chi connectivity index (χ0n) is 10.5. The van der Waals surface area contributed by atoms with Crippen LogP contribution in [0, 0.1) is 5.82 Å². The van der Waals surface area contributed by atoms with E-state index >= 15 is 0 Å². The molecule has 110 valence electrons. The van der Waals surface area contributed by atoms with Crippen molar-refractivity contribution in [2.75, 3.05) is 11.1 Å². The summed E-state index contributed by atoms with van der Waals surface area (Å²) in [7, 11) is 0. The van der Waals surface area contributed by atoms with Gasteiger partial charge in [0.1, 0.15) is 5.82 Å². The van der Waals surface area contributed by atoms with Crippen LogP contribution in [-0.4, -0.2) is 5.91 Å². The van der Waals surface area contributed by atoms with E-state index in [2.05, 4.69) is 5.32 Å². The van der Waals surface area contributed by atoms with Crippen LogP contribution in [0.5, 0.6) is 0 Å². The normalized spacial score (nSPS) is 11.2. The summed E-state index contributed by atoms with van der Waals surface area (Å²) in [5.74, 6) is -1.48. The van der Waals surface area contributed by atoms with E-state index in [0.717, 1.165) is 30.3 Å². The van der Waals surface area contributed by atoms with Crippen LogP contribution in [0.3, 0.4) is 0 Å². The molecule has 0 spiro atoms. The van der Waals surface area contributed by atoms with E-state index in [1.807, 2.05) is 0 Å². The first-order chi connectivity index (χ1) is 9.79. The minimum absolute atomic E-state index is 0.103. The van der Waals surface area contributed by atoms with Crippen molar-refractivity contribution < 1.29 is 22.4 Å². The molecule has 0 aliphatic carbocycles. The van der Waals surface area contributed by atoms with E-state index in [4.69, 9.17) is 5.73 Å². The molecule has 7 heteroatoms. The highest BCUT2D eigenvalue weighted by Crippen LogP contribution is 2.34. The van der Waals surface area contributed by atoms with Gasteiger partial charge in [0.05, 0.1) is 16.8 Å². The Hall–Kier alpha value is -2.57. The largest absolute Gasteiger partial charge is 0.418 e. The molecule has 0 heterocycles. The van der Waals surface area contributed by atoms with Crippen molar-refractivity contribution in [3.63, 3.8) is 0 Å². The molecule has 1 amide bonds. The van der Waals surface area contributed by atoms with Crippen molar-refractivity contribution in [1.82, 2.24) is 0 Å². The molecule has 3 nitrogen and oxygen atoms in total. The van der Waals surface area contributed by atoms with Crippen LogP contribution in [0.4, 0.5) is 28.9 Å². The van der Waals surface area contributed by atoms with Crippen LogP contribution in [0.2, 0.25) is 0 Å². The first-order valence-electron chi connectivity index (χ1n) is 5.81. The number of hydrogen-bond acceptors (Lipinski definition) is 2. The molecule has 0 aromatic heterocycles. The molecule has 0 aliphatic rings. The number of nitrogens with two attached hydrogens (primary N) is 1. The summed E-state index contributed by atoms with van der Waals surface area (Å²) in [6.07, 6.45) is -4.60. The van der Waals surface area contributed by atoms with Gasteiger partial charge in [-0.1, -0.05) is 12.1 Å². The van der Waals surface area contributed by atoms with Gasteiger partial charge in [0, 0.05) is 5.69 Å². The van der Waals surface area contributed by atoms with Gasteiger partial charge in [-0.25, -0.2) is 4.39 Å². The van der Waals surface area contributed by atoms with E-state index in [1.54, 1.807) is 0 Å². The minimum atomic E-state index is -4.60. The number of benzene rings is 2. The Labute approximate surface area is 117 Å². The Kier molecular flexibility index (Phi) is 3.84. The zero-order chi connectivity index (χ0) is 15.6.